The first kappa shape index (κ1) is 38.0. The highest BCUT2D eigenvalue weighted by atomic mass is 16.5. The summed E-state index contributed by atoms with van der Waals surface area (Å²) in [5.41, 5.74) is 10.2. The first-order valence-corrected chi connectivity index (χ1v) is 19.0. The second-order valence-corrected chi connectivity index (χ2v) is 14.2. The average Bonchev–Trinajstić information content (AvgIpc) is 3.23. The molecule has 0 aliphatic carbocycles. The van der Waals surface area contributed by atoms with Crippen molar-refractivity contribution in [3.05, 3.63) is 106 Å². The lowest BCUT2D eigenvalue weighted by Gasteiger charge is -2.32. The molecule has 0 unspecified atom stereocenters. The number of piperidine rings is 2. The van der Waals surface area contributed by atoms with Gasteiger partial charge in [-0.05, 0) is 93.8 Å². The molecular weight excluding hydrogens is 701 g/mol. The average molecular weight is 751 g/mol. The summed E-state index contributed by atoms with van der Waals surface area (Å²) in [6, 6.07) is 18.1. The molecule has 5 heterocycles. The van der Waals surface area contributed by atoms with Gasteiger partial charge in [0.25, 0.3) is 11.1 Å². The summed E-state index contributed by atoms with van der Waals surface area (Å²) in [5.74, 6) is 2.96. The van der Waals surface area contributed by atoms with Crippen LogP contribution in [-0.2, 0) is 19.6 Å². The number of likely N-dealkylation sites (tertiary alicyclic amines) is 2. The lowest BCUT2D eigenvalue weighted by Crippen LogP contribution is -2.43. The van der Waals surface area contributed by atoms with Crippen LogP contribution in [0.3, 0.4) is 0 Å². The molecule has 290 valence electrons. The Labute approximate surface area is 320 Å². The van der Waals surface area contributed by atoms with Gasteiger partial charge in [-0.15, -0.1) is 0 Å². The molecule has 3 aliphatic heterocycles. The number of hydrogen-bond donors (Lipinski definition) is 2. The number of aromatic nitrogens is 4. The molecule has 5 aromatic rings. The van der Waals surface area contributed by atoms with Crippen molar-refractivity contribution in [1.29, 1.82) is 0 Å². The van der Waals surface area contributed by atoms with Crippen molar-refractivity contribution in [2.45, 2.75) is 57.4 Å². The van der Waals surface area contributed by atoms with Crippen LogP contribution in [-0.4, -0.2) is 94.5 Å². The molecule has 0 bridgehead atoms. The summed E-state index contributed by atoms with van der Waals surface area (Å²) >= 11 is 0. The van der Waals surface area contributed by atoms with Crippen molar-refractivity contribution < 1.29 is 18.9 Å². The second kappa shape index (κ2) is 17.9. The van der Waals surface area contributed by atoms with E-state index in [0.29, 0.717) is 25.2 Å². The van der Waals surface area contributed by atoms with Crippen LogP contribution in [0.25, 0.3) is 22.1 Å². The van der Waals surface area contributed by atoms with Crippen LogP contribution in [0.4, 0.5) is 0 Å². The van der Waals surface area contributed by atoms with Crippen molar-refractivity contribution in [3.63, 3.8) is 0 Å². The van der Waals surface area contributed by atoms with E-state index < -0.39 is 0 Å². The van der Waals surface area contributed by atoms with Gasteiger partial charge in [-0.1, -0.05) is 6.07 Å². The van der Waals surface area contributed by atoms with E-state index in [4.69, 9.17) is 24.7 Å². The zero-order valence-corrected chi connectivity index (χ0v) is 31.6. The molecule has 2 fully saturated rings. The summed E-state index contributed by atoms with van der Waals surface area (Å²) in [6.45, 7) is 7.78. The molecule has 0 saturated carbocycles. The maximum absolute atomic E-state index is 12.5. The number of nitrogens with one attached hydrogen (secondary N) is 1. The Kier molecular flexibility index (Phi) is 12.4. The lowest BCUT2D eigenvalue weighted by molar-refractivity contribution is 0.191. The first-order valence-electron chi connectivity index (χ1n) is 19.0. The van der Waals surface area contributed by atoms with Gasteiger partial charge in [0.2, 0.25) is 0 Å². The lowest BCUT2D eigenvalue weighted by atomic mass is 10.0. The Balaban J connectivity index is 0.000000184. The van der Waals surface area contributed by atoms with Crippen molar-refractivity contribution in [2.24, 2.45) is 5.73 Å². The van der Waals surface area contributed by atoms with E-state index in [1.807, 2.05) is 48.5 Å². The summed E-state index contributed by atoms with van der Waals surface area (Å²) in [7, 11) is 3.25. The minimum atomic E-state index is -0.0813. The van der Waals surface area contributed by atoms with Crippen LogP contribution in [0.15, 0.2) is 89.1 Å². The van der Waals surface area contributed by atoms with E-state index in [0.717, 1.165) is 117 Å². The Hall–Kier alpha value is -5.28. The van der Waals surface area contributed by atoms with Crippen molar-refractivity contribution in [1.82, 2.24) is 34.2 Å². The molecule has 0 spiro atoms. The molecule has 14 nitrogen and oxygen atoms in total. The number of rotatable bonds is 11. The maximum Gasteiger partial charge on any atom is 0.269 e. The molecule has 2 aromatic heterocycles. The third-order valence-electron chi connectivity index (χ3n) is 10.7. The molecule has 8 rings (SSSR count). The van der Waals surface area contributed by atoms with Gasteiger partial charge in [0, 0.05) is 56.9 Å². The molecule has 3 aliphatic rings. The smallest absolute Gasteiger partial charge is 0.269 e. The van der Waals surface area contributed by atoms with E-state index >= 15 is 0 Å². The van der Waals surface area contributed by atoms with E-state index in [9.17, 15) is 9.59 Å². The third-order valence-corrected chi connectivity index (χ3v) is 10.7. The highest BCUT2D eigenvalue weighted by Crippen LogP contribution is 2.31. The molecule has 14 heteroatoms. The maximum atomic E-state index is 12.5. The minimum Gasteiger partial charge on any atom is -0.497 e. The SMILES string of the molecule is COc1ccc2ncc(=O)n(CCN3CCC(N)CC3)c2c1.COc1ccc2ncc(=O)n(CCN3CCC(NCc4ccc5c(c4)OC=CO5)CC3)c2c1. The summed E-state index contributed by atoms with van der Waals surface area (Å²) < 4.78 is 25.1. The van der Waals surface area contributed by atoms with Gasteiger partial charge in [-0.25, -0.2) is 9.97 Å². The predicted octanol–water partition coefficient (Wildman–Crippen LogP) is 3.73. The molecule has 2 saturated heterocycles. The van der Waals surface area contributed by atoms with Gasteiger partial charge >= 0.3 is 0 Å². The predicted molar refractivity (Wildman–Crippen MR) is 212 cm³/mol. The van der Waals surface area contributed by atoms with Gasteiger partial charge in [0.1, 0.15) is 24.0 Å². The Morgan fingerprint density at radius 3 is 1.76 bits per heavy atom. The fourth-order valence-corrected chi connectivity index (χ4v) is 7.34. The number of benzene rings is 3. The zero-order valence-electron chi connectivity index (χ0n) is 31.6. The van der Waals surface area contributed by atoms with Crippen molar-refractivity contribution in [3.8, 4) is 23.0 Å². The number of nitrogens with two attached hydrogens (primary N) is 1. The van der Waals surface area contributed by atoms with Gasteiger partial charge in [0.05, 0.1) is 48.7 Å². The Morgan fingerprint density at radius 2 is 1.22 bits per heavy atom. The summed E-state index contributed by atoms with van der Waals surface area (Å²) in [4.78, 5) is 37.9. The summed E-state index contributed by atoms with van der Waals surface area (Å²) in [6.07, 6.45) is 10.1. The first-order chi connectivity index (χ1) is 26.9. The molecular formula is C41H50N8O6. The topological polar surface area (TPSA) is 151 Å². The molecule has 55 heavy (non-hydrogen) atoms. The van der Waals surface area contributed by atoms with Crippen LogP contribution in [0.2, 0.25) is 0 Å². The van der Waals surface area contributed by atoms with Crippen LogP contribution in [0.1, 0.15) is 31.2 Å². The fraction of sp³-hybridized carbons (Fsp3) is 0.415. The molecule has 0 atom stereocenters. The van der Waals surface area contributed by atoms with Crippen LogP contribution < -0.4 is 41.1 Å². The van der Waals surface area contributed by atoms with Gasteiger partial charge in [-0.3, -0.25) is 9.59 Å². The van der Waals surface area contributed by atoms with E-state index in [1.54, 1.807) is 35.9 Å². The normalized spacial score (nSPS) is 16.6. The number of nitrogens with zero attached hydrogens (tertiary/aromatic N) is 6. The van der Waals surface area contributed by atoms with Crippen molar-refractivity contribution in [2.75, 3.05) is 53.5 Å². The Bertz CT molecular complexity index is 2220. The standard InChI is InChI=1S/C25H28N4O4.C16H22N4O2/c1-31-20-3-4-21-22(15-20)29(25(30)17-27-21)11-10-28-8-6-19(7-9-28)26-16-18-2-5-23-24(14-18)33-13-12-32-23;1-22-13-2-3-14-15(10-13)20(16(21)11-18-14)9-8-19-6-4-12(17)5-7-19/h2-5,12-15,17,19,26H,6-11,16H2,1H3;2-3,10-12H,4-9,17H2,1H3. The minimum absolute atomic E-state index is 0.0746. The van der Waals surface area contributed by atoms with E-state index in [-0.39, 0.29) is 11.1 Å². The van der Waals surface area contributed by atoms with Gasteiger partial charge in [-0.2, -0.15) is 0 Å². The quantitative estimate of drug-likeness (QED) is 0.203. The van der Waals surface area contributed by atoms with Crippen LogP contribution in [0.5, 0.6) is 23.0 Å². The molecule has 0 radical (unpaired) electrons. The largest absolute Gasteiger partial charge is 0.497 e. The van der Waals surface area contributed by atoms with E-state index in [1.165, 1.54) is 18.0 Å². The molecule has 3 N–H and O–H groups in total. The Morgan fingerprint density at radius 1 is 0.691 bits per heavy atom. The monoisotopic (exact) mass is 750 g/mol. The number of hydrogen-bond acceptors (Lipinski definition) is 12. The van der Waals surface area contributed by atoms with E-state index in [2.05, 4.69) is 31.2 Å². The van der Waals surface area contributed by atoms with Gasteiger partial charge in [0.15, 0.2) is 11.5 Å². The number of ether oxygens (including phenoxy) is 4. The third kappa shape index (κ3) is 9.51. The summed E-state index contributed by atoms with van der Waals surface area (Å²) in [5, 5.41) is 3.67. The van der Waals surface area contributed by atoms with Gasteiger partial charge < -0.3 is 48.9 Å². The second-order valence-electron chi connectivity index (χ2n) is 14.2. The molecule has 3 aromatic carbocycles. The highest BCUT2D eigenvalue weighted by molar-refractivity contribution is 5.77. The van der Waals surface area contributed by atoms with Crippen LogP contribution in [0, 0.1) is 0 Å². The fourth-order valence-electron chi connectivity index (χ4n) is 7.34. The molecule has 0 amide bonds. The number of methoxy groups -OCH3 is 2. The number of fused-ring (bicyclic) bond motifs is 3. The van der Waals surface area contributed by atoms with Crippen LogP contribution >= 0.6 is 0 Å². The highest BCUT2D eigenvalue weighted by Gasteiger charge is 2.20. The van der Waals surface area contributed by atoms with Crippen molar-refractivity contribution >= 4 is 22.1 Å². The zero-order chi connectivity index (χ0) is 38.1.